The number of azide groups is 1. The van der Waals surface area contributed by atoms with Crippen molar-refractivity contribution < 1.29 is 43.2 Å². The molecule has 14 nitrogen and oxygen atoms in total. The zero-order chi connectivity index (χ0) is 26.2. The van der Waals surface area contributed by atoms with Crippen LogP contribution in [0.1, 0.15) is 32.1 Å². The third-order valence-corrected chi connectivity index (χ3v) is 4.15. The molecule has 0 aromatic heterocycles. The summed E-state index contributed by atoms with van der Waals surface area (Å²) < 4.78 is 20.5. The molecule has 2 amide bonds. The summed E-state index contributed by atoms with van der Waals surface area (Å²) in [6.45, 7) is 6.15. The minimum Gasteiger partial charge on any atom is -0.480 e. The molecule has 1 atom stereocenters. The first-order chi connectivity index (χ1) is 16.9. The van der Waals surface area contributed by atoms with Gasteiger partial charge < -0.3 is 34.7 Å². The average Bonchev–Trinajstić information content (AvgIpc) is 2.83. The molecule has 198 valence electrons. The SMILES string of the molecule is C=CCOC(=O)CC[C@@H](NC(=O)CCCC(=O)NCCOCCOCCOCCN=[N+]=[N-])C(=O)O. The summed E-state index contributed by atoms with van der Waals surface area (Å²) in [4.78, 5) is 49.1. The number of rotatable bonds is 23. The molecule has 0 unspecified atom stereocenters. The van der Waals surface area contributed by atoms with E-state index in [1.54, 1.807) is 0 Å². The molecular formula is C21H35N5O9. The number of ether oxygens (including phenoxy) is 4. The zero-order valence-electron chi connectivity index (χ0n) is 19.8. The molecule has 0 aliphatic rings. The van der Waals surface area contributed by atoms with E-state index in [4.69, 9.17) is 24.5 Å². The van der Waals surface area contributed by atoms with Gasteiger partial charge in [0.2, 0.25) is 11.8 Å². The van der Waals surface area contributed by atoms with Gasteiger partial charge >= 0.3 is 11.9 Å². The van der Waals surface area contributed by atoms with Crippen molar-refractivity contribution in [3.8, 4) is 0 Å². The van der Waals surface area contributed by atoms with Gasteiger partial charge in [-0.25, -0.2) is 4.79 Å². The molecule has 0 spiro atoms. The molecule has 35 heavy (non-hydrogen) atoms. The summed E-state index contributed by atoms with van der Waals surface area (Å²) in [7, 11) is 0. The highest BCUT2D eigenvalue weighted by Crippen LogP contribution is 2.03. The Morgan fingerprint density at radius 3 is 2.23 bits per heavy atom. The minimum absolute atomic E-state index is 0.0266. The average molecular weight is 502 g/mol. The number of hydrogen-bond donors (Lipinski definition) is 3. The Morgan fingerprint density at radius 2 is 1.60 bits per heavy atom. The molecule has 0 rings (SSSR count). The van der Waals surface area contributed by atoms with Crippen LogP contribution in [0.15, 0.2) is 17.8 Å². The largest absolute Gasteiger partial charge is 0.480 e. The van der Waals surface area contributed by atoms with E-state index in [1.807, 2.05) is 0 Å². The molecule has 0 saturated heterocycles. The maximum absolute atomic E-state index is 11.9. The number of carboxylic acid groups (broad SMARTS) is 1. The second-order valence-electron chi connectivity index (χ2n) is 6.96. The lowest BCUT2D eigenvalue weighted by Gasteiger charge is -2.14. The van der Waals surface area contributed by atoms with E-state index in [0.29, 0.717) is 46.2 Å². The van der Waals surface area contributed by atoms with Gasteiger partial charge in [-0.3, -0.25) is 14.4 Å². The molecule has 0 bridgehead atoms. The first-order valence-corrected chi connectivity index (χ1v) is 11.2. The molecule has 0 aliphatic heterocycles. The molecule has 0 radical (unpaired) electrons. The minimum atomic E-state index is -1.26. The number of hydrogen-bond acceptors (Lipinski definition) is 9. The first kappa shape index (κ1) is 31.8. The number of nitrogens with one attached hydrogen (secondary N) is 2. The fourth-order valence-electron chi connectivity index (χ4n) is 2.46. The van der Waals surface area contributed by atoms with Crippen molar-refractivity contribution in [1.29, 1.82) is 0 Å². The second-order valence-corrected chi connectivity index (χ2v) is 6.96. The van der Waals surface area contributed by atoms with Gasteiger partial charge in [-0.15, -0.1) is 0 Å². The summed E-state index contributed by atoms with van der Waals surface area (Å²) in [6.07, 6.45) is 1.45. The van der Waals surface area contributed by atoms with Crippen LogP contribution < -0.4 is 10.6 Å². The van der Waals surface area contributed by atoms with Gasteiger partial charge in [-0.05, 0) is 18.4 Å². The highest BCUT2D eigenvalue weighted by molar-refractivity contribution is 5.84. The van der Waals surface area contributed by atoms with Crippen LogP contribution in [0, 0.1) is 0 Å². The van der Waals surface area contributed by atoms with Crippen LogP contribution in [0.2, 0.25) is 0 Å². The monoisotopic (exact) mass is 501 g/mol. The summed E-state index contributed by atoms with van der Waals surface area (Å²) in [5.41, 5.74) is 8.10. The van der Waals surface area contributed by atoms with Crippen molar-refractivity contribution in [2.45, 2.75) is 38.1 Å². The Morgan fingerprint density at radius 1 is 0.971 bits per heavy atom. The number of carbonyl (C=O) groups excluding carboxylic acids is 3. The van der Waals surface area contributed by atoms with Gasteiger partial charge in [-0.2, -0.15) is 0 Å². The first-order valence-electron chi connectivity index (χ1n) is 11.2. The van der Waals surface area contributed by atoms with E-state index in [9.17, 15) is 24.3 Å². The molecule has 0 aromatic carbocycles. The predicted molar refractivity (Wildman–Crippen MR) is 123 cm³/mol. The number of carboxylic acids is 1. The Balaban J connectivity index is 3.73. The number of carbonyl (C=O) groups is 4. The van der Waals surface area contributed by atoms with Crippen LogP contribution in [0.4, 0.5) is 0 Å². The van der Waals surface area contributed by atoms with Gasteiger partial charge in [0, 0.05) is 37.3 Å². The standard InChI is InChI=1S/C21H35N5O9/c1-2-10-35-20(29)7-6-17(21(30)31)25-19(28)5-3-4-18(27)23-8-11-32-13-15-34-16-14-33-12-9-24-26-22/h2,17H,1,3-16H2,(H,23,27)(H,25,28)(H,30,31)/t17-/m1/s1. The molecule has 14 heteroatoms. The third kappa shape index (κ3) is 21.1. The molecular weight excluding hydrogens is 466 g/mol. The Bertz CT molecular complexity index is 699. The molecule has 3 N–H and O–H groups in total. The fraction of sp³-hybridized carbons (Fsp3) is 0.714. The van der Waals surface area contributed by atoms with E-state index >= 15 is 0 Å². The van der Waals surface area contributed by atoms with Crippen LogP contribution in [-0.2, 0) is 38.1 Å². The fourth-order valence-corrected chi connectivity index (χ4v) is 2.46. The van der Waals surface area contributed by atoms with E-state index in [-0.39, 0.29) is 51.2 Å². The van der Waals surface area contributed by atoms with Crippen LogP contribution in [0.5, 0.6) is 0 Å². The van der Waals surface area contributed by atoms with Crippen molar-refractivity contribution in [2.75, 3.05) is 59.3 Å². The number of nitrogens with zero attached hydrogens (tertiary/aromatic N) is 3. The second kappa shape index (κ2) is 22.6. The van der Waals surface area contributed by atoms with E-state index in [0.717, 1.165) is 0 Å². The Labute approximate surface area is 203 Å². The lowest BCUT2D eigenvalue weighted by Crippen LogP contribution is -2.41. The molecule has 0 fully saturated rings. The van der Waals surface area contributed by atoms with Crippen LogP contribution in [0.25, 0.3) is 10.4 Å². The molecule has 0 aliphatic carbocycles. The summed E-state index contributed by atoms with van der Waals surface area (Å²) in [5.74, 6) is -2.61. The normalized spacial score (nSPS) is 11.1. The van der Waals surface area contributed by atoms with Crippen molar-refractivity contribution in [2.24, 2.45) is 5.11 Å². The lowest BCUT2D eigenvalue weighted by molar-refractivity contribution is -0.145. The number of aliphatic carboxylic acids is 1. The van der Waals surface area contributed by atoms with Crippen molar-refractivity contribution in [1.82, 2.24) is 10.6 Å². The van der Waals surface area contributed by atoms with E-state index < -0.39 is 23.9 Å². The molecule has 0 heterocycles. The van der Waals surface area contributed by atoms with Gasteiger partial charge in [0.25, 0.3) is 0 Å². The van der Waals surface area contributed by atoms with Gasteiger partial charge in [0.05, 0.1) is 39.6 Å². The summed E-state index contributed by atoms with van der Waals surface area (Å²) in [6, 6.07) is -1.22. The van der Waals surface area contributed by atoms with Crippen LogP contribution in [0.3, 0.4) is 0 Å². The smallest absolute Gasteiger partial charge is 0.326 e. The van der Waals surface area contributed by atoms with E-state index in [1.165, 1.54) is 6.08 Å². The van der Waals surface area contributed by atoms with Crippen molar-refractivity contribution in [3.63, 3.8) is 0 Å². The van der Waals surface area contributed by atoms with Gasteiger partial charge in [0.1, 0.15) is 12.6 Å². The predicted octanol–water partition coefficient (Wildman–Crippen LogP) is 0.712. The van der Waals surface area contributed by atoms with Crippen LogP contribution in [-0.4, -0.2) is 94.2 Å². The highest BCUT2D eigenvalue weighted by Gasteiger charge is 2.21. The van der Waals surface area contributed by atoms with Gasteiger partial charge in [-0.1, -0.05) is 17.8 Å². The Hall–Kier alpha value is -3.19. The quantitative estimate of drug-likeness (QED) is 0.0450. The lowest BCUT2D eigenvalue weighted by atomic mass is 10.1. The summed E-state index contributed by atoms with van der Waals surface area (Å²) in [5, 5.41) is 17.5. The number of amides is 2. The molecule has 0 aromatic rings. The topological polar surface area (TPSA) is 198 Å². The summed E-state index contributed by atoms with van der Waals surface area (Å²) >= 11 is 0. The van der Waals surface area contributed by atoms with E-state index in [2.05, 4.69) is 27.2 Å². The number of esters is 1. The zero-order valence-corrected chi connectivity index (χ0v) is 19.8. The third-order valence-electron chi connectivity index (χ3n) is 4.15. The van der Waals surface area contributed by atoms with Gasteiger partial charge in [0.15, 0.2) is 0 Å². The maximum Gasteiger partial charge on any atom is 0.326 e. The van der Waals surface area contributed by atoms with Crippen molar-refractivity contribution >= 4 is 23.8 Å². The highest BCUT2D eigenvalue weighted by atomic mass is 16.5. The maximum atomic E-state index is 11.9. The molecule has 0 saturated carbocycles. The van der Waals surface area contributed by atoms with Crippen molar-refractivity contribution in [3.05, 3.63) is 23.1 Å². The van der Waals surface area contributed by atoms with Crippen LogP contribution >= 0.6 is 0 Å². The Kier molecular flexibility index (Phi) is 20.5.